The van der Waals surface area contributed by atoms with E-state index in [1.54, 1.807) is 6.07 Å². The number of halogens is 2. The second kappa shape index (κ2) is 4.69. The fourth-order valence-corrected chi connectivity index (χ4v) is 1.63. The Bertz CT molecular complexity index is 293. The molecule has 1 atom stereocenters. The van der Waals surface area contributed by atoms with Crippen LogP contribution in [0.1, 0.15) is 18.0 Å². The lowest BCUT2D eigenvalue weighted by Gasteiger charge is -2.12. The first kappa shape index (κ1) is 10.6. The fourth-order valence-electron chi connectivity index (χ4n) is 1.09. The standard InChI is InChI=1S/C9H11BrFNO/c10-8-2-1-6(11)5-7(8)9(12)3-4-13/h1-2,5,9,13H,3-4,12H2/t9-/m1/s1. The first-order chi connectivity index (χ1) is 6.15. The maximum absolute atomic E-state index is 12.8. The van der Waals surface area contributed by atoms with Gasteiger partial charge in [-0.3, -0.25) is 0 Å². The van der Waals surface area contributed by atoms with Gasteiger partial charge in [-0.15, -0.1) is 0 Å². The third-order valence-corrected chi connectivity index (χ3v) is 2.52. The van der Waals surface area contributed by atoms with E-state index in [0.717, 1.165) is 4.47 Å². The maximum Gasteiger partial charge on any atom is 0.123 e. The molecule has 0 saturated carbocycles. The molecule has 1 aromatic rings. The molecule has 0 spiro atoms. The fraction of sp³-hybridized carbons (Fsp3) is 0.333. The van der Waals surface area contributed by atoms with E-state index in [4.69, 9.17) is 10.8 Å². The average molecular weight is 248 g/mol. The number of nitrogens with two attached hydrogens (primary N) is 1. The van der Waals surface area contributed by atoms with E-state index < -0.39 is 0 Å². The molecule has 0 saturated heterocycles. The minimum Gasteiger partial charge on any atom is -0.396 e. The first-order valence-electron chi connectivity index (χ1n) is 3.96. The van der Waals surface area contributed by atoms with Crippen molar-refractivity contribution in [1.29, 1.82) is 0 Å². The summed E-state index contributed by atoms with van der Waals surface area (Å²) in [6.45, 7) is 0.00409. The molecule has 1 rings (SSSR count). The number of hydrogen-bond acceptors (Lipinski definition) is 2. The van der Waals surface area contributed by atoms with Gasteiger partial charge in [-0.2, -0.15) is 0 Å². The molecular formula is C9H11BrFNO. The summed E-state index contributed by atoms with van der Waals surface area (Å²) in [5.74, 6) is -0.313. The van der Waals surface area contributed by atoms with Crippen LogP contribution in [-0.2, 0) is 0 Å². The number of benzene rings is 1. The van der Waals surface area contributed by atoms with Crippen molar-refractivity contribution in [2.75, 3.05) is 6.61 Å². The Morgan fingerprint density at radius 3 is 2.85 bits per heavy atom. The molecule has 4 heteroatoms. The Kier molecular flexibility index (Phi) is 3.84. The summed E-state index contributed by atoms with van der Waals surface area (Å²) >= 11 is 3.27. The zero-order valence-corrected chi connectivity index (χ0v) is 8.59. The van der Waals surface area contributed by atoms with Crippen LogP contribution in [0, 0.1) is 5.82 Å². The van der Waals surface area contributed by atoms with Crippen LogP contribution in [-0.4, -0.2) is 11.7 Å². The molecule has 0 fully saturated rings. The number of rotatable bonds is 3. The Morgan fingerprint density at radius 2 is 2.23 bits per heavy atom. The summed E-state index contributed by atoms with van der Waals surface area (Å²) in [6.07, 6.45) is 0.433. The highest BCUT2D eigenvalue weighted by atomic mass is 79.9. The molecule has 0 amide bonds. The molecule has 0 bridgehead atoms. The van der Waals surface area contributed by atoms with E-state index >= 15 is 0 Å². The highest BCUT2D eigenvalue weighted by Crippen LogP contribution is 2.24. The van der Waals surface area contributed by atoms with Gasteiger partial charge in [-0.1, -0.05) is 15.9 Å². The average Bonchev–Trinajstić information content (AvgIpc) is 2.09. The van der Waals surface area contributed by atoms with Crippen LogP contribution in [0.25, 0.3) is 0 Å². The Morgan fingerprint density at radius 1 is 1.54 bits per heavy atom. The molecule has 0 radical (unpaired) electrons. The van der Waals surface area contributed by atoms with Gasteiger partial charge in [0.15, 0.2) is 0 Å². The molecular weight excluding hydrogens is 237 g/mol. The molecule has 0 aliphatic carbocycles. The van der Waals surface area contributed by atoms with Crippen molar-refractivity contribution in [3.8, 4) is 0 Å². The minimum absolute atomic E-state index is 0.00409. The highest BCUT2D eigenvalue weighted by Gasteiger charge is 2.09. The lowest BCUT2D eigenvalue weighted by atomic mass is 10.1. The van der Waals surface area contributed by atoms with Crippen molar-refractivity contribution in [2.24, 2.45) is 5.73 Å². The van der Waals surface area contributed by atoms with Crippen LogP contribution >= 0.6 is 15.9 Å². The number of aliphatic hydroxyl groups excluding tert-OH is 1. The molecule has 1 aromatic carbocycles. The quantitative estimate of drug-likeness (QED) is 0.858. The third-order valence-electron chi connectivity index (χ3n) is 1.80. The van der Waals surface area contributed by atoms with Gasteiger partial charge in [0.1, 0.15) is 5.82 Å². The van der Waals surface area contributed by atoms with Crippen LogP contribution < -0.4 is 5.73 Å². The topological polar surface area (TPSA) is 46.2 Å². The molecule has 3 N–H and O–H groups in total. The summed E-state index contributed by atoms with van der Waals surface area (Å²) in [7, 11) is 0. The van der Waals surface area contributed by atoms with Gasteiger partial charge < -0.3 is 10.8 Å². The van der Waals surface area contributed by atoms with Gasteiger partial charge in [0.05, 0.1) is 0 Å². The van der Waals surface area contributed by atoms with Crippen molar-refractivity contribution in [3.63, 3.8) is 0 Å². The van der Waals surface area contributed by atoms with Gasteiger partial charge in [-0.25, -0.2) is 4.39 Å². The van der Waals surface area contributed by atoms with Crippen LogP contribution in [0.15, 0.2) is 22.7 Å². The predicted molar refractivity (Wildman–Crippen MR) is 52.7 cm³/mol. The lowest BCUT2D eigenvalue weighted by molar-refractivity contribution is 0.276. The summed E-state index contributed by atoms with van der Waals surface area (Å²) in [6, 6.07) is 4.03. The maximum atomic E-state index is 12.8. The van der Waals surface area contributed by atoms with Crippen molar-refractivity contribution in [2.45, 2.75) is 12.5 Å². The van der Waals surface area contributed by atoms with Crippen molar-refractivity contribution in [3.05, 3.63) is 34.1 Å². The van der Waals surface area contributed by atoms with Crippen molar-refractivity contribution in [1.82, 2.24) is 0 Å². The van der Waals surface area contributed by atoms with Gasteiger partial charge in [0.25, 0.3) is 0 Å². The molecule has 13 heavy (non-hydrogen) atoms. The molecule has 0 heterocycles. The van der Waals surface area contributed by atoms with E-state index in [9.17, 15) is 4.39 Å². The largest absolute Gasteiger partial charge is 0.396 e. The first-order valence-corrected chi connectivity index (χ1v) is 4.76. The zero-order chi connectivity index (χ0) is 9.84. The molecule has 2 nitrogen and oxygen atoms in total. The van der Waals surface area contributed by atoms with Crippen molar-refractivity contribution < 1.29 is 9.50 Å². The van der Waals surface area contributed by atoms with Gasteiger partial charge in [-0.05, 0) is 30.2 Å². The second-order valence-corrected chi connectivity index (χ2v) is 3.64. The Labute approximate surface area is 84.7 Å². The minimum atomic E-state index is -0.324. The second-order valence-electron chi connectivity index (χ2n) is 2.78. The van der Waals surface area contributed by atoms with E-state index in [-0.39, 0.29) is 18.5 Å². The molecule has 0 aliphatic heterocycles. The van der Waals surface area contributed by atoms with Crippen molar-refractivity contribution >= 4 is 15.9 Å². The van der Waals surface area contributed by atoms with Crippen LogP contribution in [0.5, 0.6) is 0 Å². The Hall–Kier alpha value is -0.450. The molecule has 0 aliphatic rings. The van der Waals surface area contributed by atoms with E-state index in [1.807, 2.05) is 0 Å². The SMILES string of the molecule is N[C@H](CCO)c1cc(F)ccc1Br. The van der Waals surface area contributed by atoms with Crippen LogP contribution in [0.3, 0.4) is 0 Å². The molecule has 0 aromatic heterocycles. The summed E-state index contributed by atoms with van der Waals surface area (Å²) in [5.41, 5.74) is 6.41. The monoisotopic (exact) mass is 247 g/mol. The number of aliphatic hydroxyl groups is 1. The van der Waals surface area contributed by atoms with Crippen LogP contribution in [0.4, 0.5) is 4.39 Å². The van der Waals surface area contributed by atoms with E-state index in [2.05, 4.69) is 15.9 Å². The third kappa shape index (κ3) is 2.76. The normalized spacial score (nSPS) is 12.9. The predicted octanol–water partition coefficient (Wildman–Crippen LogP) is 1.97. The van der Waals surface area contributed by atoms with Gasteiger partial charge in [0.2, 0.25) is 0 Å². The molecule has 0 unspecified atom stereocenters. The highest BCUT2D eigenvalue weighted by molar-refractivity contribution is 9.10. The summed E-state index contributed by atoms with van der Waals surface area (Å²) in [4.78, 5) is 0. The van der Waals surface area contributed by atoms with Gasteiger partial charge >= 0.3 is 0 Å². The van der Waals surface area contributed by atoms with E-state index in [0.29, 0.717) is 12.0 Å². The molecule has 72 valence electrons. The number of hydrogen-bond donors (Lipinski definition) is 2. The van der Waals surface area contributed by atoms with E-state index in [1.165, 1.54) is 12.1 Å². The lowest BCUT2D eigenvalue weighted by Crippen LogP contribution is -2.12. The smallest absolute Gasteiger partial charge is 0.123 e. The summed E-state index contributed by atoms with van der Waals surface area (Å²) in [5, 5.41) is 8.67. The van der Waals surface area contributed by atoms with Crippen LogP contribution in [0.2, 0.25) is 0 Å². The summed E-state index contributed by atoms with van der Waals surface area (Å²) < 4.78 is 13.6. The Balaban J connectivity index is 2.91. The van der Waals surface area contributed by atoms with Gasteiger partial charge in [0, 0.05) is 17.1 Å². The zero-order valence-electron chi connectivity index (χ0n) is 7.00.